The van der Waals surface area contributed by atoms with Gasteiger partial charge in [-0.15, -0.1) is 15.0 Å². The van der Waals surface area contributed by atoms with Gasteiger partial charge >= 0.3 is 0 Å². The van der Waals surface area contributed by atoms with Gasteiger partial charge in [-0.2, -0.15) is 12.6 Å². The van der Waals surface area contributed by atoms with Crippen LogP contribution in [0.5, 0.6) is 5.75 Å². The lowest BCUT2D eigenvalue weighted by Gasteiger charge is -2.11. The van der Waals surface area contributed by atoms with Crippen molar-refractivity contribution in [3.63, 3.8) is 0 Å². The molecule has 0 atom stereocenters. The van der Waals surface area contributed by atoms with Gasteiger partial charge in [0.15, 0.2) is 0 Å². The van der Waals surface area contributed by atoms with Crippen molar-refractivity contribution < 1.29 is 4.74 Å². The van der Waals surface area contributed by atoms with Crippen LogP contribution < -0.4 is 4.74 Å². The molecule has 3 aromatic rings. The van der Waals surface area contributed by atoms with Crippen LogP contribution in [0.15, 0.2) is 42.5 Å². The van der Waals surface area contributed by atoms with Crippen LogP contribution in [0, 0.1) is 6.92 Å². The van der Waals surface area contributed by atoms with Crippen molar-refractivity contribution in [2.45, 2.75) is 32.6 Å². The summed E-state index contributed by atoms with van der Waals surface area (Å²) in [6.07, 6.45) is 4.60. The van der Waals surface area contributed by atoms with Crippen LogP contribution in [0.4, 0.5) is 0 Å². The van der Waals surface area contributed by atoms with E-state index in [1.165, 1.54) is 19.3 Å². The van der Waals surface area contributed by atoms with Gasteiger partial charge in [-0.25, -0.2) is 0 Å². The minimum Gasteiger partial charge on any atom is -0.491 e. The summed E-state index contributed by atoms with van der Waals surface area (Å²) in [5, 5.41) is 9.14. The third-order valence-corrected chi connectivity index (χ3v) is 4.24. The smallest absolute Gasteiger partial charge is 0.146 e. The number of thiol groups is 1. The molecule has 4 nitrogen and oxygen atoms in total. The first-order valence-electron chi connectivity index (χ1n) is 8.45. The molecule has 5 heteroatoms. The van der Waals surface area contributed by atoms with Crippen molar-refractivity contribution in [3.8, 4) is 11.4 Å². The Morgan fingerprint density at radius 3 is 2.38 bits per heavy atom. The van der Waals surface area contributed by atoms with Crippen molar-refractivity contribution >= 4 is 23.7 Å². The van der Waals surface area contributed by atoms with Crippen molar-refractivity contribution in [1.82, 2.24) is 15.0 Å². The van der Waals surface area contributed by atoms with Crippen LogP contribution >= 0.6 is 12.6 Å². The van der Waals surface area contributed by atoms with E-state index in [9.17, 15) is 0 Å². The Hall–Kier alpha value is -2.01. The van der Waals surface area contributed by atoms with E-state index in [0.717, 1.165) is 40.2 Å². The molecule has 0 N–H and O–H groups in total. The highest BCUT2D eigenvalue weighted by atomic mass is 32.1. The Labute approximate surface area is 148 Å². The van der Waals surface area contributed by atoms with E-state index in [4.69, 9.17) is 4.74 Å². The maximum absolute atomic E-state index is 6.00. The minimum atomic E-state index is 0.712. The van der Waals surface area contributed by atoms with Gasteiger partial charge in [0.2, 0.25) is 0 Å². The molecule has 24 heavy (non-hydrogen) atoms. The van der Waals surface area contributed by atoms with Crippen LogP contribution in [0.2, 0.25) is 0 Å². The molecule has 0 unspecified atom stereocenters. The summed E-state index contributed by atoms with van der Waals surface area (Å²) in [6, 6.07) is 14.0. The van der Waals surface area contributed by atoms with Crippen molar-refractivity contribution in [2.75, 3.05) is 12.4 Å². The van der Waals surface area contributed by atoms with Crippen LogP contribution in [0.3, 0.4) is 0 Å². The summed E-state index contributed by atoms with van der Waals surface area (Å²) in [5.74, 6) is 1.79. The number of rotatable bonds is 8. The van der Waals surface area contributed by atoms with Gasteiger partial charge in [-0.3, -0.25) is 0 Å². The Balaban J connectivity index is 1.75. The molecule has 0 aliphatic heterocycles. The zero-order valence-electron chi connectivity index (χ0n) is 14.0. The normalized spacial score (nSPS) is 11.1. The van der Waals surface area contributed by atoms with Gasteiger partial charge in [0.1, 0.15) is 22.5 Å². The fraction of sp³-hybridized carbons (Fsp3) is 0.368. The molecule has 0 amide bonds. The first kappa shape index (κ1) is 16.8. The second-order valence-corrected chi connectivity index (χ2v) is 6.38. The van der Waals surface area contributed by atoms with Crippen LogP contribution in [-0.4, -0.2) is 27.4 Å². The number of fused-ring (bicyclic) bond motifs is 1. The Kier molecular flexibility index (Phi) is 5.75. The number of nitrogens with zero attached hydrogens (tertiary/aromatic N) is 3. The van der Waals surface area contributed by atoms with Crippen LogP contribution in [0.1, 0.15) is 31.2 Å². The Bertz CT molecular complexity index is 767. The van der Waals surface area contributed by atoms with E-state index in [-0.39, 0.29) is 0 Å². The monoisotopic (exact) mass is 341 g/mol. The van der Waals surface area contributed by atoms with Gasteiger partial charge in [0.25, 0.3) is 0 Å². The zero-order chi connectivity index (χ0) is 16.8. The molecule has 0 spiro atoms. The quantitative estimate of drug-likeness (QED) is 0.481. The highest BCUT2D eigenvalue weighted by Gasteiger charge is 2.10. The number of unbranched alkanes of at least 4 members (excludes halogenated alkanes) is 3. The lowest BCUT2D eigenvalue weighted by Crippen LogP contribution is -2.05. The predicted molar refractivity (Wildman–Crippen MR) is 101 cm³/mol. The summed E-state index contributed by atoms with van der Waals surface area (Å²) in [7, 11) is 0. The molecule has 1 heterocycles. The van der Waals surface area contributed by atoms with Crippen LogP contribution in [-0.2, 0) is 0 Å². The summed E-state index contributed by atoms with van der Waals surface area (Å²) >= 11 is 4.24. The molecule has 0 aliphatic carbocycles. The molecule has 0 aliphatic rings. The molecule has 0 fully saturated rings. The minimum absolute atomic E-state index is 0.712. The van der Waals surface area contributed by atoms with Crippen molar-refractivity contribution in [1.29, 1.82) is 0 Å². The number of aryl methyl sites for hydroxylation is 1. The van der Waals surface area contributed by atoms with Gasteiger partial charge in [-0.05, 0) is 55.3 Å². The number of aromatic nitrogens is 3. The number of hydrogen-bond donors (Lipinski definition) is 1. The number of hydrogen-bond acceptors (Lipinski definition) is 4. The summed E-state index contributed by atoms with van der Waals surface area (Å²) in [6.45, 7) is 2.78. The highest BCUT2D eigenvalue weighted by Crippen LogP contribution is 2.24. The molecule has 1 aromatic heterocycles. The average molecular weight is 341 g/mol. The summed E-state index contributed by atoms with van der Waals surface area (Å²) in [5.41, 5.74) is 3.82. The number of ether oxygens (including phenoxy) is 1. The van der Waals surface area contributed by atoms with Gasteiger partial charge in [0, 0.05) is 0 Å². The zero-order valence-corrected chi connectivity index (χ0v) is 14.9. The Morgan fingerprint density at radius 1 is 0.958 bits per heavy atom. The lowest BCUT2D eigenvalue weighted by atomic mass is 10.2. The lowest BCUT2D eigenvalue weighted by molar-refractivity contribution is 0.303. The van der Waals surface area contributed by atoms with Crippen molar-refractivity contribution in [2.24, 2.45) is 0 Å². The first-order valence-corrected chi connectivity index (χ1v) is 9.08. The molecule has 0 saturated heterocycles. The topological polar surface area (TPSA) is 39.9 Å². The van der Waals surface area contributed by atoms with Gasteiger partial charge < -0.3 is 4.74 Å². The molecular weight excluding hydrogens is 318 g/mol. The Morgan fingerprint density at radius 2 is 1.67 bits per heavy atom. The molecule has 126 valence electrons. The van der Waals surface area contributed by atoms with E-state index in [1.54, 1.807) is 4.80 Å². The van der Waals surface area contributed by atoms with Crippen LogP contribution in [0.25, 0.3) is 16.7 Å². The largest absolute Gasteiger partial charge is 0.491 e. The van der Waals surface area contributed by atoms with E-state index < -0.39 is 0 Å². The fourth-order valence-corrected chi connectivity index (χ4v) is 2.85. The maximum Gasteiger partial charge on any atom is 0.146 e. The molecule has 3 rings (SSSR count). The second-order valence-electron chi connectivity index (χ2n) is 5.94. The SMILES string of the molecule is Cc1ccc(OCCCCCCS)c(-n2nc3ccccc3n2)c1. The van der Waals surface area contributed by atoms with E-state index in [1.807, 2.05) is 30.3 Å². The first-order chi connectivity index (χ1) is 11.8. The predicted octanol–water partition coefficient (Wildman–Crippen LogP) is 4.60. The van der Waals surface area contributed by atoms with Crippen molar-refractivity contribution in [3.05, 3.63) is 48.0 Å². The molecule has 0 radical (unpaired) electrons. The maximum atomic E-state index is 6.00. The second kappa shape index (κ2) is 8.20. The third kappa shape index (κ3) is 4.09. The molecular formula is C19H23N3OS. The molecule has 2 aromatic carbocycles. The molecule has 0 bridgehead atoms. The van der Waals surface area contributed by atoms with Gasteiger partial charge in [0.05, 0.1) is 6.61 Å². The highest BCUT2D eigenvalue weighted by molar-refractivity contribution is 7.80. The fourth-order valence-electron chi connectivity index (χ4n) is 2.62. The van der Waals surface area contributed by atoms with E-state index in [2.05, 4.69) is 41.9 Å². The summed E-state index contributed by atoms with van der Waals surface area (Å²) in [4.78, 5) is 1.67. The van der Waals surface area contributed by atoms with E-state index in [0.29, 0.717) is 6.61 Å². The average Bonchev–Trinajstić information content (AvgIpc) is 3.03. The van der Waals surface area contributed by atoms with Gasteiger partial charge in [-0.1, -0.05) is 31.0 Å². The van der Waals surface area contributed by atoms with E-state index >= 15 is 0 Å². The summed E-state index contributed by atoms with van der Waals surface area (Å²) < 4.78 is 6.00. The molecule has 0 saturated carbocycles. The third-order valence-electron chi connectivity index (χ3n) is 3.93. The standard InChI is InChI=1S/C19H23N3OS/c1-15-10-11-19(23-12-6-2-3-7-13-24)18(14-15)22-20-16-8-4-5-9-17(16)21-22/h4-5,8-11,14,24H,2-3,6-7,12-13H2,1H3. The number of benzene rings is 2.